The highest BCUT2D eigenvalue weighted by molar-refractivity contribution is 7.92. The molecule has 10 nitrogen and oxygen atoms in total. The summed E-state index contributed by atoms with van der Waals surface area (Å²) in [4.78, 5) is 28.5. The number of nitrogens with zero attached hydrogens (tertiary/aromatic N) is 3. The maximum Gasteiger partial charge on any atom is 0.490 e. The molecule has 0 atom stereocenters. The van der Waals surface area contributed by atoms with Crippen LogP contribution in [-0.4, -0.2) is 78.9 Å². The molecule has 2 aliphatic rings. The lowest BCUT2D eigenvalue weighted by Gasteiger charge is -2.40. The van der Waals surface area contributed by atoms with E-state index >= 15 is 0 Å². The van der Waals surface area contributed by atoms with Gasteiger partial charge >= 0.3 is 18.1 Å². The summed E-state index contributed by atoms with van der Waals surface area (Å²) in [5.74, 6) is -5.78. The van der Waals surface area contributed by atoms with Gasteiger partial charge in [0.1, 0.15) is 27.9 Å². The van der Waals surface area contributed by atoms with Crippen molar-refractivity contribution in [2.75, 3.05) is 35.8 Å². The van der Waals surface area contributed by atoms with Gasteiger partial charge in [-0.3, -0.25) is 4.72 Å². The van der Waals surface area contributed by atoms with Gasteiger partial charge in [0, 0.05) is 19.1 Å². The van der Waals surface area contributed by atoms with E-state index in [0.717, 1.165) is 38.1 Å². The lowest BCUT2D eigenvalue weighted by Crippen LogP contribution is -2.47. The van der Waals surface area contributed by atoms with Crippen LogP contribution in [0.4, 0.5) is 33.5 Å². The maximum atomic E-state index is 13.9. The normalized spacial score (nSPS) is 17.1. The Morgan fingerprint density at radius 2 is 1.57 bits per heavy atom. The predicted molar refractivity (Wildman–Crippen MR) is 133 cm³/mol. The SMILES string of the molecule is O=C(O)C(F)(F)F.O=C(O)c1cc(NS(=O)(=O)c2cc(F)ccc2F)cnc1N1CCC(N2CCCCC2)CC1. The minimum atomic E-state index is -5.08. The van der Waals surface area contributed by atoms with E-state index in [1.54, 1.807) is 0 Å². The molecule has 16 heteroatoms. The lowest BCUT2D eigenvalue weighted by atomic mass is 9.99. The number of aromatic nitrogens is 1. The first kappa shape index (κ1) is 31.0. The fourth-order valence-corrected chi connectivity index (χ4v) is 5.67. The molecule has 3 heterocycles. The molecule has 2 aliphatic heterocycles. The van der Waals surface area contributed by atoms with Crippen molar-refractivity contribution >= 4 is 33.5 Å². The minimum Gasteiger partial charge on any atom is -0.478 e. The predicted octanol–water partition coefficient (Wildman–Crippen LogP) is 3.95. The number of alkyl halides is 3. The first-order valence-corrected chi connectivity index (χ1v) is 13.7. The number of anilines is 2. The first-order chi connectivity index (χ1) is 18.7. The molecule has 0 spiro atoms. The van der Waals surface area contributed by atoms with Crippen LogP contribution in [0.5, 0.6) is 0 Å². The largest absolute Gasteiger partial charge is 0.490 e. The Labute approximate surface area is 226 Å². The van der Waals surface area contributed by atoms with Crippen molar-refractivity contribution in [2.24, 2.45) is 0 Å². The monoisotopic (exact) mass is 594 g/mol. The number of sulfonamides is 1. The number of carbonyl (C=O) groups is 2. The Morgan fingerprint density at radius 3 is 2.12 bits per heavy atom. The van der Waals surface area contributed by atoms with Crippen LogP contribution in [0.15, 0.2) is 35.4 Å². The number of nitrogens with one attached hydrogen (secondary N) is 1. The van der Waals surface area contributed by atoms with Gasteiger partial charge < -0.3 is 20.0 Å². The molecule has 2 aromatic rings. The zero-order valence-electron chi connectivity index (χ0n) is 21.0. The van der Waals surface area contributed by atoms with Gasteiger partial charge in [0.25, 0.3) is 10.0 Å². The highest BCUT2D eigenvalue weighted by atomic mass is 32.2. The summed E-state index contributed by atoms with van der Waals surface area (Å²) in [5.41, 5.74) is -0.311. The van der Waals surface area contributed by atoms with Crippen molar-refractivity contribution in [1.82, 2.24) is 9.88 Å². The number of rotatable bonds is 6. The second kappa shape index (κ2) is 12.8. The van der Waals surface area contributed by atoms with Crippen LogP contribution in [0.25, 0.3) is 0 Å². The first-order valence-electron chi connectivity index (χ1n) is 12.2. The number of piperidine rings is 2. The molecule has 0 radical (unpaired) electrons. The van der Waals surface area contributed by atoms with E-state index in [4.69, 9.17) is 9.90 Å². The Hall–Kier alpha value is -3.53. The van der Waals surface area contributed by atoms with E-state index in [1.807, 2.05) is 4.90 Å². The third-order valence-corrected chi connectivity index (χ3v) is 7.84. The average Bonchev–Trinajstić information content (AvgIpc) is 2.90. The molecule has 0 saturated carbocycles. The molecule has 0 amide bonds. The van der Waals surface area contributed by atoms with Crippen molar-refractivity contribution in [3.63, 3.8) is 0 Å². The number of hydrogen-bond donors (Lipinski definition) is 3. The third-order valence-electron chi connectivity index (χ3n) is 6.45. The number of aliphatic carboxylic acids is 1. The Bertz CT molecular complexity index is 1330. The zero-order valence-corrected chi connectivity index (χ0v) is 21.8. The number of pyridine rings is 1. The van der Waals surface area contributed by atoms with Crippen LogP contribution >= 0.6 is 0 Å². The molecule has 1 aromatic carbocycles. The average molecular weight is 595 g/mol. The highest BCUT2D eigenvalue weighted by Crippen LogP contribution is 2.28. The number of halogens is 5. The summed E-state index contributed by atoms with van der Waals surface area (Å²) in [6.45, 7) is 3.50. The molecule has 3 N–H and O–H groups in total. The molecule has 0 unspecified atom stereocenters. The van der Waals surface area contributed by atoms with E-state index in [2.05, 4.69) is 14.6 Å². The van der Waals surface area contributed by atoms with Crippen LogP contribution in [0.3, 0.4) is 0 Å². The van der Waals surface area contributed by atoms with Gasteiger partial charge in [-0.05, 0) is 63.0 Å². The zero-order chi connectivity index (χ0) is 29.7. The van der Waals surface area contributed by atoms with E-state index < -0.39 is 44.7 Å². The molecular formula is C24H27F5N4O6S. The number of aromatic carboxylic acids is 1. The van der Waals surface area contributed by atoms with Crippen LogP contribution < -0.4 is 9.62 Å². The third kappa shape index (κ3) is 8.00. The number of hydrogen-bond acceptors (Lipinski definition) is 7. The Morgan fingerprint density at radius 1 is 0.975 bits per heavy atom. The number of carboxylic acid groups (broad SMARTS) is 2. The topological polar surface area (TPSA) is 140 Å². The quantitative estimate of drug-likeness (QED) is 0.424. The van der Waals surface area contributed by atoms with Crippen molar-refractivity contribution in [3.8, 4) is 0 Å². The summed E-state index contributed by atoms with van der Waals surface area (Å²) in [5, 5.41) is 16.8. The highest BCUT2D eigenvalue weighted by Gasteiger charge is 2.38. The Balaban J connectivity index is 0.000000559. The fourth-order valence-electron chi connectivity index (χ4n) is 4.54. The van der Waals surface area contributed by atoms with Crippen molar-refractivity contribution < 1.29 is 50.2 Å². The van der Waals surface area contributed by atoms with Gasteiger partial charge in [-0.1, -0.05) is 6.42 Å². The standard InChI is InChI=1S/C22H26F2N4O4S.C2HF3O2/c23-15-4-5-19(24)20(12-15)33(31,32)26-16-13-18(22(29)30)21(25-14-16)28-10-6-17(7-11-28)27-8-2-1-3-9-27;3-2(4,5)1(6)7/h4-5,12-14,17,26H,1-3,6-11H2,(H,29,30);(H,6,7). The molecule has 2 saturated heterocycles. The molecule has 0 aliphatic carbocycles. The van der Waals surface area contributed by atoms with Gasteiger partial charge in [-0.2, -0.15) is 13.2 Å². The summed E-state index contributed by atoms with van der Waals surface area (Å²) >= 11 is 0. The molecule has 2 fully saturated rings. The van der Waals surface area contributed by atoms with Gasteiger partial charge in [0.2, 0.25) is 0 Å². The fraction of sp³-hybridized carbons (Fsp3) is 0.458. The van der Waals surface area contributed by atoms with Gasteiger partial charge in [0.05, 0.1) is 11.9 Å². The summed E-state index contributed by atoms with van der Waals surface area (Å²) in [7, 11) is -4.48. The van der Waals surface area contributed by atoms with Crippen molar-refractivity contribution in [3.05, 3.63) is 47.7 Å². The van der Waals surface area contributed by atoms with Gasteiger partial charge in [0.15, 0.2) is 0 Å². The van der Waals surface area contributed by atoms with Crippen molar-refractivity contribution in [1.29, 1.82) is 0 Å². The number of carboxylic acids is 2. The lowest BCUT2D eigenvalue weighted by molar-refractivity contribution is -0.192. The number of benzene rings is 1. The van der Waals surface area contributed by atoms with E-state index in [0.29, 0.717) is 31.3 Å². The Kier molecular flexibility index (Phi) is 9.89. The van der Waals surface area contributed by atoms with E-state index in [-0.39, 0.29) is 17.1 Å². The summed E-state index contributed by atoms with van der Waals surface area (Å²) in [6.07, 6.45) is 1.59. The van der Waals surface area contributed by atoms with Crippen LogP contribution in [0.1, 0.15) is 42.5 Å². The minimum absolute atomic E-state index is 0.150. The molecular weight excluding hydrogens is 567 g/mol. The second-order valence-electron chi connectivity index (χ2n) is 9.20. The van der Waals surface area contributed by atoms with E-state index in [9.17, 15) is 40.3 Å². The smallest absolute Gasteiger partial charge is 0.478 e. The molecule has 40 heavy (non-hydrogen) atoms. The molecule has 4 rings (SSSR count). The number of likely N-dealkylation sites (tertiary alicyclic amines) is 1. The van der Waals surface area contributed by atoms with Gasteiger partial charge in [-0.15, -0.1) is 0 Å². The summed E-state index contributed by atoms with van der Waals surface area (Å²) in [6, 6.07) is 3.70. The van der Waals surface area contributed by atoms with Crippen LogP contribution in [0, 0.1) is 11.6 Å². The maximum absolute atomic E-state index is 13.9. The van der Waals surface area contributed by atoms with Crippen LogP contribution in [0.2, 0.25) is 0 Å². The second-order valence-corrected chi connectivity index (χ2v) is 10.8. The molecule has 220 valence electrons. The van der Waals surface area contributed by atoms with E-state index in [1.165, 1.54) is 25.5 Å². The molecule has 1 aromatic heterocycles. The summed E-state index contributed by atoms with van der Waals surface area (Å²) < 4.78 is 86.2. The van der Waals surface area contributed by atoms with Crippen molar-refractivity contribution in [2.45, 2.75) is 49.2 Å². The van der Waals surface area contributed by atoms with Gasteiger partial charge in [-0.25, -0.2) is 31.8 Å². The van der Waals surface area contributed by atoms with Crippen LogP contribution in [-0.2, 0) is 14.8 Å². The molecule has 0 bridgehead atoms.